The largest absolute Gasteiger partial charge is 0 e. The summed E-state index contributed by atoms with van der Waals surface area (Å²) < 4.78 is 0. The minimum atomic E-state index is 0. The van der Waals surface area contributed by atoms with Crippen LogP contribution < -0.4 is 0 Å². The fourth-order valence-electron chi connectivity index (χ4n) is 0. The molecule has 4 radical (unpaired) electrons. The zero-order valence-electron chi connectivity index (χ0n) is 1.61. The van der Waals surface area contributed by atoms with Gasteiger partial charge in [-0.25, -0.2) is 0 Å². The summed E-state index contributed by atoms with van der Waals surface area (Å²) in [5.74, 6) is 0. The smallest absolute Gasteiger partial charge is 0 e. The second kappa shape index (κ2) is 8.85. The van der Waals surface area contributed by atoms with E-state index in [9.17, 15) is 0 Å². The summed E-state index contributed by atoms with van der Waals surface area (Å²) in [7, 11) is 9.53. The van der Waals surface area contributed by atoms with Crippen LogP contribution in [-0.4, -0.2) is 11.0 Å². The van der Waals surface area contributed by atoms with Gasteiger partial charge >= 0.3 is 33.3 Å². The molecule has 0 saturated heterocycles. The van der Waals surface area contributed by atoms with Crippen LogP contribution in [0.15, 0.2) is 0 Å². The van der Waals surface area contributed by atoms with Gasteiger partial charge in [-0.15, -0.1) is 0 Å². The predicted octanol–water partition coefficient (Wildman–Crippen LogP) is 0.996. The Morgan fingerprint density at radius 2 is 1.25 bits per heavy atom. The Morgan fingerprint density at radius 1 is 1.25 bits per heavy atom. The van der Waals surface area contributed by atoms with E-state index in [2.05, 4.69) is 0 Å². The maximum atomic E-state index is 4.76. The number of hydrogen-bond acceptors (Lipinski definition) is 0. The van der Waals surface area contributed by atoms with Crippen molar-refractivity contribution in [2.45, 2.75) is 0 Å². The summed E-state index contributed by atoms with van der Waals surface area (Å²) in [5.41, 5.74) is 0. The summed E-state index contributed by atoms with van der Waals surface area (Å²) in [6.45, 7) is 0. The van der Waals surface area contributed by atoms with Crippen molar-refractivity contribution in [3.8, 4) is 0 Å². The molecule has 26 valence electrons. The number of rotatable bonds is 0. The van der Waals surface area contributed by atoms with Gasteiger partial charge in [-0.1, -0.05) is 0 Å². The molecule has 0 aliphatic carbocycles. The molecule has 0 aliphatic rings. The Morgan fingerprint density at radius 3 is 1.25 bits per heavy atom. The number of hydrogen-bond donors (Lipinski definition) is 0. The number of halogens is 2. The normalized spacial score (nSPS) is 5.50. The summed E-state index contributed by atoms with van der Waals surface area (Å²) in [6.07, 6.45) is 0. The van der Waals surface area contributed by atoms with E-state index < -0.39 is 0 Å². The maximum absolute atomic E-state index is 4.76. The molecule has 0 aromatic heterocycles. The first-order valence-electron chi connectivity index (χ1n) is 0.267. The standard InChI is InChI=1S/2ClH.Fe.Si/h2*1H;;/q;;+2;/p-2. The SMILES string of the molecule is [Cl][Fe][Cl].[Si]. The first-order chi connectivity index (χ1) is 1.41. The molecular formula is Cl2FeSi. The minimum Gasteiger partial charge on any atom is 0 e. The van der Waals surface area contributed by atoms with Gasteiger partial charge < -0.3 is 0 Å². The summed E-state index contributed by atoms with van der Waals surface area (Å²) >= 11 is 0.194. The van der Waals surface area contributed by atoms with Crippen LogP contribution >= 0.6 is 20.2 Å². The Labute approximate surface area is 44.5 Å². The van der Waals surface area contributed by atoms with Crippen molar-refractivity contribution in [1.29, 1.82) is 0 Å². The van der Waals surface area contributed by atoms with Crippen molar-refractivity contribution in [3.63, 3.8) is 0 Å². The van der Waals surface area contributed by atoms with Gasteiger partial charge in [0.25, 0.3) is 0 Å². The van der Waals surface area contributed by atoms with Crippen LogP contribution in [0.1, 0.15) is 0 Å². The van der Waals surface area contributed by atoms with E-state index in [1.165, 1.54) is 0 Å². The zero-order valence-corrected chi connectivity index (χ0v) is 5.23. The molecule has 0 aromatic carbocycles. The molecule has 4 heteroatoms. The van der Waals surface area contributed by atoms with E-state index in [4.69, 9.17) is 20.2 Å². The fraction of sp³-hybridized carbons (Fsp3) is 0. The molecule has 0 N–H and O–H groups in total. The van der Waals surface area contributed by atoms with Crippen LogP contribution in [0.2, 0.25) is 0 Å². The Kier molecular flexibility index (Phi) is 19.9. The van der Waals surface area contributed by atoms with Crippen LogP contribution in [0.5, 0.6) is 0 Å². The molecule has 0 bridgehead atoms. The minimum absolute atomic E-state index is 0. The third-order valence-electron chi connectivity index (χ3n) is 0. The van der Waals surface area contributed by atoms with Gasteiger partial charge in [-0.2, -0.15) is 0 Å². The van der Waals surface area contributed by atoms with E-state index in [1.807, 2.05) is 0 Å². The van der Waals surface area contributed by atoms with Gasteiger partial charge in [0.05, 0.1) is 0 Å². The van der Waals surface area contributed by atoms with E-state index in [-0.39, 0.29) is 24.1 Å². The molecule has 0 atom stereocenters. The fourth-order valence-corrected chi connectivity index (χ4v) is 0. The molecule has 0 nitrogen and oxygen atoms in total. The second-order valence-corrected chi connectivity index (χ2v) is 1.87. The van der Waals surface area contributed by atoms with Crippen LogP contribution in [0.3, 0.4) is 0 Å². The van der Waals surface area contributed by atoms with Gasteiger partial charge in [0, 0.05) is 11.0 Å². The van der Waals surface area contributed by atoms with Crippen molar-refractivity contribution in [2.75, 3.05) is 0 Å². The Hall–Kier alpha value is 1.32. The van der Waals surface area contributed by atoms with Gasteiger partial charge in [0.15, 0.2) is 0 Å². The Bertz CT molecular complexity index is 6.00. The summed E-state index contributed by atoms with van der Waals surface area (Å²) in [6, 6.07) is 0. The van der Waals surface area contributed by atoms with Crippen molar-refractivity contribution < 1.29 is 13.1 Å². The van der Waals surface area contributed by atoms with Gasteiger partial charge in [-0.3, -0.25) is 0 Å². The van der Waals surface area contributed by atoms with Crippen LogP contribution in [0.4, 0.5) is 0 Å². The van der Waals surface area contributed by atoms with Crippen molar-refractivity contribution >= 4 is 31.2 Å². The first kappa shape index (κ1) is 9.01. The molecule has 0 amide bonds. The topological polar surface area (TPSA) is 0 Å². The molecule has 4 heavy (non-hydrogen) atoms. The average molecular weight is 155 g/mol. The maximum Gasteiger partial charge on any atom is 0 e. The summed E-state index contributed by atoms with van der Waals surface area (Å²) in [4.78, 5) is 0. The second-order valence-electron chi connectivity index (χ2n) is 0.0505. The van der Waals surface area contributed by atoms with E-state index in [0.29, 0.717) is 0 Å². The average Bonchev–Trinajstić information content (AvgIpc) is 0.918. The molecule has 0 spiro atoms. The molecule has 0 rings (SSSR count). The van der Waals surface area contributed by atoms with Crippen molar-refractivity contribution in [3.05, 3.63) is 0 Å². The van der Waals surface area contributed by atoms with E-state index >= 15 is 0 Å². The monoisotopic (exact) mass is 154 g/mol. The predicted molar refractivity (Wildman–Crippen MR) is 17.5 cm³/mol. The van der Waals surface area contributed by atoms with Crippen LogP contribution in [0, 0.1) is 0 Å². The van der Waals surface area contributed by atoms with Gasteiger partial charge in [0.2, 0.25) is 0 Å². The van der Waals surface area contributed by atoms with Crippen LogP contribution in [-0.2, 0) is 13.1 Å². The molecule has 0 aromatic rings. The summed E-state index contributed by atoms with van der Waals surface area (Å²) in [5, 5.41) is 0. The third kappa shape index (κ3) is 10.3. The van der Waals surface area contributed by atoms with E-state index in [1.54, 1.807) is 0 Å². The molecule has 0 saturated carbocycles. The molecular weight excluding hydrogens is 155 g/mol. The third-order valence-corrected chi connectivity index (χ3v) is 0. The van der Waals surface area contributed by atoms with Crippen molar-refractivity contribution in [2.24, 2.45) is 0 Å². The molecule has 0 unspecified atom stereocenters. The van der Waals surface area contributed by atoms with Crippen molar-refractivity contribution in [1.82, 2.24) is 0 Å². The quantitative estimate of drug-likeness (QED) is 0.457. The molecule has 0 aliphatic heterocycles. The Balaban J connectivity index is 0. The molecule has 0 fully saturated rings. The van der Waals surface area contributed by atoms with Gasteiger partial charge in [0.1, 0.15) is 0 Å². The first-order valence-corrected chi connectivity index (χ1v) is 3.31. The van der Waals surface area contributed by atoms with Gasteiger partial charge in [-0.05, 0) is 0 Å². The molecule has 0 heterocycles. The zero-order chi connectivity index (χ0) is 2.71. The van der Waals surface area contributed by atoms with E-state index in [0.717, 1.165) is 0 Å². The van der Waals surface area contributed by atoms with Crippen LogP contribution in [0.25, 0.3) is 0 Å².